The lowest BCUT2D eigenvalue weighted by molar-refractivity contribution is 0.198. The van der Waals surface area contributed by atoms with Gasteiger partial charge >= 0.3 is 0 Å². The van der Waals surface area contributed by atoms with E-state index in [9.17, 15) is 0 Å². The number of benzene rings is 1. The molecule has 3 heteroatoms. The lowest BCUT2D eigenvalue weighted by atomic mass is 9.83. The van der Waals surface area contributed by atoms with Gasteiger partial charge < -0.3 is 10.2 Å². The maximum atomic E-state index is 3.75. The van der Waals surface area contributed by atoms with Crippen LogP contribution in [0.2, 0.25) is 0 Å². The average molecular weight is 305 g/mol. The topological polar surface area (TPSA) is 15.3 Å². The van der Waals surface area contributed by atoms with Crippen molar-refractivity contribution >= 4 is 11.8 Å². The third-order valence-corrected chi connectivity index (χ3v) is 6.50. The third-order valence-electron chi connectivity index (χ3n) is 5.10. The average Bonchev–Trinajstić information content (AvgIpc) is 2.69. The standard InChI is InChI=1S/C18H28N2S/c1-21-18(9-5-10-18)15-20-12-6-11-19-17(14-20)13-16-7-3-2-4-8-16/h2-4,7-8,17,19H,5-6,9-15H2,1H3. The van der Waals surface area contributed by atoms with Crippen LogP contribution in [-0.4, -0.2) is 48.1 Å². The van der Waals surface area contributed by atoms with Crippen LogP contribution in [0.15, 0.2) is 30.3 Å². The van der Waals surface area contributed by atoms with Gasteiger partial charge in [0.25, 0.3) is 0 Å². The monoisotopic (exact) mass is 304 g/mol. The van der Waals surface area contributed by atoms with Gasteiger partial charge in [-0.15, -0.1) is 0 Å². The Balaban J connectivity index is 1.58. The Hall–Kier alpha value is -0.510. The summed E-state index contributed by atoms with van der Waals surface area (Å²) in [7, 11) is 0. The Morgan fingerprint density at radius 3 is 2.71 bits per heavy atom. The summed E-state index contributed by atoms with van der Waals surface area (Å²) < 4.78 is 0.571. The zero-order valence-electron chi connectivity index (χ0n) is 13.2. The Labute approximate surface area is 133 Å². The number of rotatable bonds is 5. The molecule has 0 amide bonds. The first-order valence-corrected chi connectivity index (χ1v) is 9.57. The molecule has 1 aromatic carbocycles. The second-order valence-corrected chi connectivity index (χ2v) is 7.94. The predicted molar refractivity (Wildman–Crippen MR) is 93.1 cm³/mol. The first-order chi connectivity index (χ1) is 10.3. The molecule has 2 nitrogen and oxygen atoms in total. The van der Waals surface area contributed by atoms with Crippen molar-refractivity contribution in [3.8, 4) is 0 Å². The van der Waals surface area contributed by atoms with Crippen LogP contribution in [0.5, 0.6) is 0 Å². The van der Waals surface area contributed by atoms with Gasteiger partial charge in [0.05, 0.1) is 0 Å². The molecule has 0 bridgehead atoms. The Bertz CT molecular complexity index is 425. The zero-order valence-corrected chi connectivity index (χ0v) is 14.0. The molecule has 2 fully saturated rings. The van der Waals surface area contributed by atoms with Gasteiger partial charge in [-0.2, -0.15) is 11.8 Å². The number of nitrogens with one attached hydrogen (secondary N) is 1. The summed E-state index contributed by atoms with van der Waals surface area (Å²) in [5, 5.41) is 3.75. The van der Waals surface area contributed by atoms with Crippen LogP contribution >= 0.6 is 11.8 Å². The molecule has 116 valence electrons. The smallest absolute Gasteiger partial charge is 0.0284 e. The number of hydrogen-bond donors (Lipinski definition) is 1. The predicted octanol–water partition coefficient (Wildman–Crippen LogP) is 3.18. The van der Waals surface area contributed by atoms with Crippen molar-refractivity contribution in [2.75, 3.05) is 32.4 Å². The van der Waals surface area contributed by atoms with Crippen molar-refractivity contribution in [2.24, 2.45) is 0 Å². The largest absolute Gasteiger partial charge is 0.312 e. The molecule has 0 aromatic heterocycles. The molecule has 1 saturated heterocycles. The molecule has 1 N–H and O–H groups in total. The van der Waals surface area contributed by atoms with Crippen LogP contribution in [0.25, 0.3) is 0 Å². The molecule has 21 heavy (non-hydrogen) atoms. The lowest BCUT2D eigenvalue weighted by Crippen LogP contribution is -2.48. The Morgan fingerprint density at radius 1 is 1.24 bits per heavy atom. The number of nitrogens with zero attached hydrogens (tertiary/aromatic N) is 1. The highest BCUT2D eigenvalue weighted by atomic mass is 32.2. The van der Waals surface area contributed by atoms with E-state index >= 15 is 0 Å². The van der Waals surface area contributed by atoms with Crippen LogP contribution < -0.4 is 5.32 Å². The number of hydrogen-bond acceptors (Lipinski definition) is 3. The normalized spacial score (nSPS) is 26.0. The van der Waals surface area contributed by atoms with Gasteiger partial charge in [0.15, 0.2) is 0 Å². The maximum absolute atomic E-state index is 3.75. The molecular formula is C18H28N2S. The molecular weight excluding hydrogens is 276 g/mol. The van der Waals surface area contributed by atoms with Gasteiger partial charge in [-0.1, -0.05) is 36.8 Å². The summed E-state index contributed by atoms with van der Waals surface area (Å²) in [5.41, 5.74) is 1.46. The van der Waals surface area contributed by atoms with Crippen molar-refractivity contribution < 1.29 is 0 Å². The van der Waals surface area contributed by atoms with E-state index < -0.39 is 0 Å². The summed E-state index contributed by atoms with van der Waals surface area (Å²) >= 11 is 2.10. The molecule has 1 heterocycles. The van der Waals surface area contributed by atoms with Gasteiger partial charge in [-0.3, -0.25) is 0 Å². The van der Waals surface area contributed by atoms with E-state index in [2.05, 4.69) is 58.6 Å². The second-order valence-electron chi connectivity index (χ2n) is 6.67. The van der Waals surface area contributed by atoms with Gasteiger partial charge in [-0.25, -0.2) is 0 Å². The molecule has 1 unspecified atom stereocenters. The fourth-order valence-electron chi connectivity index (χ4n) is 3.66. The van der Waals surface area contributed by atoms with Crippen LogP contribution in [-0.2, 0) is 6.42 Å². The van der Waals surface area contributed by atoms with Gasteiger partial charge in [0.2, 0.25) is 0 Å². The minimum Gasteiger partial charge on any atom is -0.312 e. The van der Waals surface area contributed by atoms with Crippen LogP contribution in [0.4, 0.5) is 0 Å². The third kappa shape index (κ3) is 4.02. The SMILES string of the molecule is CSC1(CN2CCCNC(Cc3ccccc3)C2)CCC1. The molecule has 1 atom stereocenters. The second kappa shape index (κ2) is 7.17. The van der Waals surface area contributed by atoms with Crippen LogP contribution in [0.3, 0.4) is 0 Å². The number of thioether (sulfide) groups is 1. The molecule has 1 aliphatic carbocycles. The van der Waals surface area contributed by atoms with Crippen molar-refractivity contribution in [1.29, 1.82) is 0 Å². The van der Waals surface area contributed by atoms with Gasteiger partial charge in [0.1, 0.15) is 0 Å². The van der Waals surface area contributed by atoms with Crippen molar-refractivity contribution in [3.05, 3.63) is 35.9 Å². The quantitative estimate of drug-likeness (QED) is 0.899. The maximum Gasteiger partial charge on any atom is 0.0284 e. The van der Waals surface area contributed by atoms with Crippen molar-refractivity contribution in [2.45, 2.75) is 42.9 Å². The summed E-state index contributed by atoms with van der Waals surface area (Å²) in [6, 6.07) is 11.5. The molecule has 0 spiro atoms. The highest BCUT2D eigenvalue weighted by molar-refractivity contribution is 8.00. The first kappa shape index (κ1) is 15.4. The molecule has 3 rings (SSSR count). The van der Waals surface area contributed by atoms with Crippen molar-refractivity contribution in [1.82, 2.24) is 10.2 Å². The van der Waals surface area contributed by atoms with E-state index in [0.717, 1.165) is 6.42 Å². The summed E-state index contributed by atoms with van der Waals surface area (Å²) in [4.78, 5) is 2.73. The molecule has 1 aromatic rings. The first-order valence-electron chi connectivity index (χ1n) is 8.34. The molecule has 2 aliphatic rings. The van der Waals surface area contributed by atoms with Crippen LogP contribution in [0, 0.1) is 0 Å². The summed E-state index contributed by atoms with van der Waals surface area (Å²) in [5.74, 6) is 0. The van der Waals surface area contributed by atoms with E-state index in [-0.39, 0.29) is 0 Å². The minimum absolute atomic E-state index is 0.571. The Morgan fingerprint density at radius 2 is 2.05 bits per heavy atom. The molecule has 0 radical (unpaired) electrons. The zero-order chi connectivity index (χ0) is 14.5. The van der Waals surface area contributed by atoms with Crippen LogP contribution in [0.1, 0.15) is 31.2 Å². The fraction of sp³-hybridized carbons (Fsp3) is 0.667. The highest BCUT2D eigenvalue weighted by Crippen LogP contribution is 2.43. The van der Waals surface area contributed by atoms with E-state index in [1.54, 1.807) is 0 Å². The van der Waals surface area contributed by atoms with Crippen molar-refractivity contribution in [3.63, 3.8) is 0 Å². The van der Waals surface area contributed by atoms with E-state index in [0.29, 0.717) is 10.8 Å². The molecule has 1 saturated carbocycles. The highest BCUT2D eigenvalue weighted by Gasteiger charge is 2.38. The molecule has 1 aliphatic heterocycles. The van der Waals surface area contributed by atoms with E-state index in [4.69, 9.17) is 0 Å². The fourth-order valence-corrected chi connectivity index (χ4v) is 4.67. The van der Waals surface area contributed by atoms with Gasteiger partial charge in [0, 0.05) is 23.9 Å². The van der Waals surface area contributed by atoms with E-state index in [1.807, 2.05) is 0 Å². The minimum atomic E-state index is 0.571. The summed E-state index contributed by atoms with van der Waals surface area (Å²) in [6.07, 6.45) is 9.01. The lowest BCUT2D eigenvalue weighted by Gasteiger charge is -2.44. The van der Waals surface area contributed by atoms with Gasteiger partial charge in [-0.05, 0) is 50.6 Å². The van der Waals surface area contributed by atoms with E-state index in [1.165, 1.54) is 57.4 Å². The summed E-state index contributed by atoms with van der Waals surface area (Å²) in [6.45, 7) is 4.93. The Kier molecular flexibility index (Phi) is 5.25.